The average Bonchev–Trinajstić information content (AvgIpc) is 1.01. The maximum atomic E-state index is 14.8. The van der Waals surface area contributed by atoms with E-state index in [2.05, 4.69) is 37.2 Å². The molecule has 0 bridgehead atoms. The molecule has 0 aromatic heterocycles. The van der Waals surface area contributed by atoms with Gasteiger partial charge in [-0.25, -0.2) is 0 Å². The fourth-order valence-corrected chi connectivity index (χ4v) is 15.6. The SMILES string of the molecule is CC[C@H](C)[C@H](NC(=O)[C@H](CO)CC(=O)[C@H](Cc1ccc(O)cc1)NC(=O)[C@H](CC(=O)O)CC(=O)[C@H](CO)NC(=O)[C@@H](CC(=O)[C@H](Cc1ccccc1)NC(=O)[C@@H](CC(=O)CNC(=O)[C@H](CCC(=O)O)CC(=O)CCCC(=O)CCCN1C(=O)CSC1=O)[C@@H](C)O)[C@@H](C)O)C(=O)C[C@@H](Cc1ccc(O)cc1)C(=O)N[C@@H](CC(C)C)C(=O)C[C@@H](CC(=O)O)C(=O)N[C@H](C)CCCCN. The standard InChI is InChI=1S/C92H129N9O29S/c1-8-52(4)84(79(115)41-60(35-57-22-27-65(107)28-23-57)87(125)96-71(34-51(2)3)75(111)39-61(43-82(119)120)86(124)95-53(5)16-12-13-32-93)100-89(127)63(48-102)42-76(112)72(37-58-24-29-66(108)30-25-58)97-88(126)62(44-83(121)122)40-77(113)74(49-103)99-91(129)70(55(7)105)46-78(114)73(36-56-17-10-9-11-18-56)98-90(128)69(54(6)104)45-68(110)47-94-85(123)59(26-31-81(117)118)38-67(109)20-14-19-64(106)21-15-33-101-80(116)50-131-92(101)130/h9-11,17-18,22-25,27-30,51-55,59-63,69-74,84,102-105,107-108H,8,12-16,19-21,26,31-50,93H2,1-7H3,(H,94,123)(H,95,124)(H,96,125)(H,97,126)(H,98,128)(H,99,129)(H,100,127)(H,117,118)(H,119,120)(H,121,122)/t52-,53+,54+,55+,59+,60+,61-,62-,63-,69-,70-,71-,72-,73-,74-,84-/m0/s1. The highest BCUT2D eigenvalue weighted by Crippen LogP contribution is 2.27. The fraction of sp³-hybridized carbons (Fsp3) is 0.587. The van der Waals surface area contributed by atoms with Crippen molar-refractivity contribution in [1.29, 1.82) is 0 Å². The Kier molecular flexibility index (Phi) is 49.3. The van der Waals surface area contributed by atoms with Crippen LogP contribution in [0.15, 0.2) is 78.9 Å². The molecule has 0 spiro atoms. The van der Waals surface area contributed by atoms with Crippen molar-refractivity contribution in [2.45, 2.75) is 251 Å². The number of unbranched alkanes of at least 4 members (excludes halogenated alkanes) is 1. The van der Waals surface area contributed by atoms with E-state index in [-0.39, 0.29) is 111 Å². The van der Waals surface area contributed by atoms with E-state index in [9.17, 15) is 142 Å². The van der Waals surface area contributed by atoms with Gasteiger partial charge in [-0.2, -0.15) is 0 Å². The van der Waals surface area contributed by atoms with E-state index in [0.717, 1.165) is 30.5 Å². The van der Waals surface area contributed by atoms with Gasteiger partial charge in [0.15, 0.2) is 34.7 Å². The maximum Gasteiger partial charge on any atom is 0.304 e. The number of nitrogens with two attached hydrogens (primary N) is 1. The van der Waals surface area contributed by atoms with Crippen LogP contribution in [0.3, 0.4) is 0 Å². The van der Waals surface area contributed by atoms with Crippen molar-refractivity contribution in [2.24, 2.45) is 59.0 Å². The molecule has 16 atom stereocenters. The highest BCUT2D eigenvalue weighted by Gasteiger charge is 2.41. The predicted octanol–water partition coefficient (Wildman–Crippen LogP) is 3.19. The normalized spacial score (nSPS) is 15.7. The van der Waals surface area contributed by atoms with Gasteiger partial charge in [0.05, 0.1) is 104 Å². The van der Waals surface area contributed by atoms with Crippen LogP contribution < -0.4 is 43.0 Å². The number of phenols is 2. The summed E-state index contributed by atoms with van der Waals surface area (Å²) in [5.74, 6) is -30.1. The van der Waals surface area contributed by atoms with Crippen LogP contribution in [0.5, 0.6) is 11.5 Å². The molecule has 722 valence electrons. The number of carbonyl (C=O) groups is 20. The molecule has 4 rings (SSSR count). The fourth-order valence-electron chi connectivity index (χ4n) is 14.9. The molecular weight excluding hydrogens is 1730 g/mol. The van der Waals surface area contributed by atoms with Gasteiger partial charge >= 0.3 is 17.9 Å². The summed E-state index contributed by atoms with van der Waals surface area (Å²) in [6, 6.07) is 10.4. The van der Waals surface area contributed by atoms with Gasteiger partial charge < -0.3 is 88.9 Å². The number of benzene rings is 3. The average molecular weight is 1860 g/mol. The zero-order valence-electron chi connectivity index (χ0n) is 75.2. The zero-order chi connectivity index (χ0) is 97.9. The molecule has 3 aromatic carbocycles. The molecule has 39 heteroatoms. The third-order valence-electron chi connectivity index (χ3n) is 22.8. The summed E-state index contributed by atoms with van der Waals surface area (Å²) in [5.41, 5.74) is 6.76. The van der Waals surface area contributed by atoms with E-state index in [1.807, 2.05) is 0 Å². The van der Waals surface area contributed by atoms with Gasteiger partial charge in [-0.3, -0.25) is 101 Å². The van der Waals surface area contributed by atoms with Crippen LogP contribution in [-0.4, -0.2) is 255 Å². The second kappa shape index (κ2) is 57.7. The quantitative estimate of drug-likeness (QED) is 0.0361. The Morgan fingerprint density at radius 2 is 0.893 bits per heavy atom. The highest BCUT2D eigenvalue weighted by molar-refractivity contribution is 8.14. The first-order chi connectivity index (χ1) is 61.9. The van der Waals surface area contributed by atoms with Gasteiger partial charge in [-0.1, -0.05) is 107 Å². The van der Waals surface area contributed by atoms with Crippen molar-refractivity contribution in [1.82, 2.24) is 42.1 Å². The lowest BCUT2D eigenvalue weighted by molar-refractivity contribution is -0.143. The van der Waals surface area contributed by atoms with Crippen LogP contribution in [0.4, 0.5) is 4.79 Å². The van der Waals surface area contributed by atoms with E-state index in [0.29, 0.717) is 36.9 Å². The lowest BCUT2D eigenvalue weighted by Gasteiger charge is -2.28. The molecule has 0 unspecified atom stereocenters. The summed E-state index contributed by atoms with van der Waals surface area (Å²) < 4.78 is 0. The number of hydrogen-bond donors (Lipinski definition) is 17. The molecule has 1 aliphatic rings. The molecule has 1 aliphatic heterocycles. The molecule has 3 aromatic rings. The lowest BCUT2D eigenvalue weighted by atomic mass is 9.85. The molecule has 9 amide bonds. The molecule has 0 radical (unpaired) electrons. The van der Waals surface area contributed by atoms with Crippen molar-refractivity contribution in [3.05, 3.63) is 95.6 Å². The van der Waals surface area contributed by atoms with Gasteiger partial charge in [-0.15, -0.1) is 0 Å². The Bertz CT molecular complexity index is 4400. The third-order valence-corrected chi connectivity index (χ3v) is 23.6. The number of rotatable bonds is 67. The molecule has 38 nitrogen and oxygen atoms in total. The van der Waals surface area contributed by atoms with Crippen LogP contribution in [0.1, 0.15) is 200 Å². The number of carbonyl (C=O) groups excluding carboxylic acids is 17. The van der Waals surface area contributed by atoms with E-state index in [1.165, 1.54) is 48.5 Å². The number of aliphatic carboxylic acids is 3. The minimum absolute atomic E-state index is 0.0195. The summed E-state index contributed by atoms with van der Waals surface area (Å²) in [6.45, 7) is 8.19. The van der Waals surface area contributed by atoms with Crippen LogP contribution in [0, 0.1) is 53.3 Å². The smallest absolute Gasteiger partial charge is 0.304 e. The number of nitrogens with zero attached hydrogens (tertiary/aromatic N) is 1. The number of nitrogens with one attached hydrogen (secondary N) is 7. The number of carboxylic acid groups (broad SMARTS) is 3. The number of aromatic hydroxyl groups is 2. The monoisotopic (exact) mass is 1860 g/mol. The predicted molar refractivity (Wildman–Crippen MR) is 474 cm³/mol. The Morgan fingerprint density at radius 3 is 1.40 bits per heavy atom. The van der Waals surface area contributed by atoms with Crippen LogP contribution >= 0.6 is 11.8 Å². The topological polar surface area (TPSA) is 637 Å². The van der Waals surface area contributed by atoms with Gasteiger partial charge in [0.25, 0.3) is 5.24 Å². The van der Waals surface area contributed by atoms with Crippen LogP contribution in [-0.2, 0) is 110 Å². The van der Waals surface area contributed by atoms with Crippen LogP contribution in [0.25, 0.3) is 0 Å². The number of imide groups is 1. The van der Waals surface area contributed by atoms with E-state index in [4.69, 9.17) is 5.73 Å². The first-order valence-electron chi connectivity index (χ1n) is 44.2. The molecule has 131 heavy (non-hydrogen) atoms. The van der Waals surface area contributed by atoms with Crippen molar-refractivity contribution in [3.63, 3.8) is 0 Å². The second-order valence-corrected chi connectivity index (χ2v) is 35.1. The van der Waals surface area contributed by atoms with Gasteiger partial charge in [-0.05, 0) is 138 Å². The zero-order valence-corrected chi connectivity index (χ0v) is 76.0. The Hall–Kier alpha value is -11.4. The van der Waals surface area contributed by atoms with Crippen molar-refractivity contribution >= 4 is 128 Å². The molecule has 1 saturated heterocycles. The number of amides is 9. The number of carboxylic acids is 3. The molecule has 18 N–H and O–H groups in total. The number of hydrogen-bond acceptors (Lipinski definition) is 28. The first-order valence-corrected chi connectivity index (χ1v) is 45.1. The Balaban J connectivity index is 1.53. The molecule has 1 fully saturated rings. The van der Waals surface area contributed by atoms with Crippen molar-refractivity contribution in [2.75, 3.05) is 38.6 Å². The summed E-state index contributed by atoms with van der Waals surface area (Å²) in [7, 11) is 0. The van der Waals surface area contributed by atoms with Crippen molar-refractivity contribution < 1.29 is 142 Å². The van der Waals surface area contributed by atoms with E-state index in [1.54, 1.807) is 65.0 Å². The van der Waals surface area contributed by atoms with Gasteiger partial charge in [0, 0.05) is 95.1 Å². The largest absolute Gasteiger partial charge is 0.508 e. The number of ketones is 8. The number of thioether (sulfide) groups is 1. The summed E-state index contributed by atoms with van der Waals surface area (Å²) in [6.07, 6.45) is -10.1. The number of aliphatic hydroxyl groups excluding tert-OH is 4. The Morgan fingerprint density at radius 1 is 0.427 bits per heavy atom. The van der Waals surface area contributed by atoms with Crippen LogP contribution in [0.2, 0.25) is 0 Å². The highest BCUT2D eigenvalue weighted by atomic mass is 32.2. The number of phenolic OH excluding ortho intramolecular Hbond substituents is 2. The van der Waals surface area contributed by atoms with Gasteiger partial charge in [0.1, 0.15) is 29.1 Å². The third kappa shape index (κ3) is 40.9. The lowest BCUT2D eigenvalue weighted by Crippen LogP contribution is -2.52. The van der Waals surface area contributed by atoms with Crippen molar-refractivity contribution in [3.8, 4) is 11.5 Å². The molecule has 0 aliphatic carbocycles. The molecule has 1 heterocycles. The summed E-state index contributed by atoms with van der Waals surface area (Å²) in [5, 5.41) is 111. The minimum Gasteiger partial charge on any atom is -0.508 e. The Labute approximate surface area is 764 Å². The van der Waals surface area contributed by atoms with Gasteiger partial charge in [0.2, 0.25) is 47.3 Å². The second-order valence-electron chi connectivity index (χ2n) is 34.2. The molecular formula is C92H129N9O29S. The van der Waals surface area contributed by atoms with E-state index >= 15 is 0 Å². The molecule has 0 saturated carbocycles. The summed E-state index contributed by atoms with van der Waals surface area (Å²) in [4.78, 5) is 272. The maximum absolute atomic E-state index is 14.8. The number of Topliss-reactive ketones (excluding diaryl/α,β-unsaturated/α-hetero) is 8. The number of aliphatic hydroxyl groups is 4. The van der Waals surface area contributed by atoms with E-state index < -0.39 is 291 Å². The minimum atomic E-state index is -2.00. The first kappa shape index (κ1) is 112. The summed E-state index contributed by atoms with van der Waals surface area (Å²) >= 11 is 0.859.